The number of unbranched alkanes of at least 4 members (excludes halogenated alkanes) is 1. The second kappa shape index (κ2) is 10.6. The number of aryl methyl sites for hydroxylation is 3. The van der Waals surface area contributed by atoms with Crippen LogP contribution in [0.25, 0.3) is 0 Å². The molecule has 1 saturated carbocycles. The van der Waals surface area contributed by atoms with Gasteiger partial charge in [0.1, 0.15) is 6.04 Å². The maximum Gasteiger partial charge on any atom is 0.325 e. The lowest BCUT2D eigenvalue weighted by Crippen LogP contribution is -2.34. The standard InChI is InChI=1S/C29H38N2O3/c1-20-18-26(20)24-10-3-4-11-25(24)28(29(32)33)31-16-15-23(19-31)34-17-7-6-9-22-14-13-21-8-2-5-12-27(21)30-22/h3-4,10-11,13-14,20,23,26,28H,2,5-9,12,15-19H2,1H3,(H,32,33)/t20-,23+,26-,28?/m0/s1. The molecule has 4 atom stereocenters. The van der Waals surface area contributed by atoms with Gasteiger partial charge in [0.2, 0.25) is 0 Å². The number of hydrogen-bond donors (Lipinski definition) is 1. The van der Waals surface area contributed by atoms with E-state index in [9.17, 15) is 9.90 Å². The van der Waals surface area contributed by atoms with Crippen LogP contribution in [0, 0.1) is 5.92 Å². The van der Waals surface area contributed by atoms with E-state index in [4.69, 9.17) is 9.72 Å². The van der Waals surface area contributed by atoms with Crippen LogP contribution in [-0.2, 0) is 28.8 Å². The first-order valence-electron chi connectivity index (χ1n) is 13.2. The Morgan fingerprint density at radius 1 is 1.18 bits per heavy atom. The fourth-order valence-electron chi connectivity index (χ4n) is 5.89. The predicted molar refractivity (Wildman–Crippen MR) is 133 cm³/mol. The van der Waals surface area contributed by atoms with E-state index in [0.29, 0.717) is 18.4 Å². The zero-order valence-electron chi connectivity index (χ0n) is 20.4. The van der Waals surface area contributed by atoms with Gasteiger partial charge in [-0.1, -0.05) is 37.3 Å². The second-order valence-electron chi connectivity index (χ2n) is 10.5. The Labute approximate surface area is 203 Å². The van der Waals surface area contributed by atoms with Gasteiger partial charge >= 0.3 is 5.97 Å². The molecular formula is C29H38N2O3. The minimum absolute atomic E-state index is 0.121. The summed E-state index contributed by atoms with van der Waals surface area (Å²) in [5.41, 5.74) is 6.17. The van der Waals surface area contributed by atoms with Gasteiger partial charge in [0.25, 0.3) is 0 Å². The van der Waals surface area contributed by atoms with Gasteiger partial charge in [0, 0.05) is 31.1 Å². The number of fused-ring (bicyclic) bond motifs is 1. The molecule has 34 heavy (non-hydrogen) atoms. The highest BCUT2D eigenvalue weighted by Gasteiger charge is 2.40. The second-order valence-corrected chi connectivity index (χ2v) is 10.5. The number of ether oxygens (including phenoxy) is 1. The Bertz CT molecular complexity index is 1010. The number of carbonyl (C=O) groups is 1. The lowest BCUT2D eigenvalue weighted by Gasteiger charge is -2.26. The van der Waals surface area contributed by atoms with E-state index in [1.54, 1.807) is 0 Å². The number of likely N-dealkylation sites (tertiary alicyclic amines) is 1. The minimum Gasteiger partial charge on any atom is -0.480 e. The maximum absolute atomic E-state index is 12.3. The average molecular weight is 463 g/mol. The fraction of sp³-hybridized carbons (Fsp3) is 0.586. The summed E-state index contributed by atoms with van der Waals surface area (Å²) in [6.45, 7) is 4.45. The molecule has 1 aromatic carbocycles. The number of rotatable bonds is 10. The van der Waals surface area contributed by atoms with Crippen molar-refractivity contribution in [1.82, 2.24) is 9.88 Å². The van der Waals surface area contributed by atoms with E-state index in [0.717, 1.165) is 57.2 Å². The van der Waals surface area contributed by atoms with Crippen molar-refractivity contribution in [2.45, 2.75) is 82.8 Å². The number of benzene rings is 1. The van der Waals surface area contributed by atoms with Crippen LogP contribution in [0.4, 0.5) is 0 Å². The normalized spacial score (nSPS) is 25.1. The van der Waals surface area contributed by atoms with Gasteiger partial charge in [0.05, 0.1) is 6.10 Å². The quantitative estimate of drug-likeness (QED) is 0.484. The largest absolute Gasteiger partial charge is 0.480 e. The molecule has 1 saturated heterocycles. The molecular weight excluding hydrogens is 424 g/mol. The topological polar surface area (TPSA) is 62.7 Å². The zero-order chi connectivity index (χ0) is 23.5. The van der Waals surface area contributed by atoms with E-state index in [1.165, 1.54) is 41.8 Å². The van der Waals surface area contributed by atoms with E-state index < -0.39 is 12.0 Å². The number of nitrogens with zero attached hydrogens (tertiary/aromatic N) is 2. The molecule has 0 amide bonds. The van der Waals surface area contributed by atoms with E-state index in [1.807, 2.05) is 18.2 Å². The first-order chi connectivity index (χ1) is 16.6. The molecule has 1 aromatic heterocycles. The van der Waals surface area contributed by atoms with Crippen LogP contribution in [0.1, 0.15) is 85.5 Å². The van der Waals surface area contributed by atoms with Crippen LogP contribution in [0.3, 0.4) is 0 Å². The summed E-state index contributed by atoms with van der Waals surface area (Å²) >= 11 is 0. The molecule has 2 aromatic rings. The van der Waals surface area contributed by atoms with E-state index in [-0.39, 0.29) is 6.10 Å². The molecule has 1 unspecified atom stereocenters. The summed E-state index contributed by atoms with van der Waals surface area (Å²) in [4.78, 5) is 19.3. The van der Waals surface area contributed by atoms with Gasteiger partial charge in [-0.3, -0.25) is 14.7 Å². The van der Waals surface area contributed by atoms with Crippen molar-refractivity contribution in [2.75, 3.05) is 19.7 Å². The Morgan fingerprint density at radius 2 is 2.00 bits per heavy atom. The summed E-state index contributed by atoms with van der Waals surface area (Å²) in [7, 11) is 0. The lowest BCUT2D eigenvalue weighted by molar-refractivity contribution is -0.143. The molecule has 182 valence electrons. The third kappa shape index (κ3) is 5.36. The van der Waals surface area contributed by atoms with Gasteiger partial charge in [-0.2, -0.15) is 0 Å². The monoisotopic (exact) mass is 462 g/mol. The molecule has 5 rings (SSSR count). The first-order valence-corrected chi connectivity index (χ1v) is 13.2. The number of hydrogen-bond acceptors (Lipinski definition) is 4. The molecule has 0 radical (unpaired) electrons. The minimum atomic E-state index is -0.751. The Balaban J connectivity index is 1.09. The van der Waals surface area contributed by atoms with Crippen LogP contribution in [0.15, 0.2) is 36.4 Å². The van der Waals surface area contributed by atoms with Crippen molar-refractivity contribution in [3.05, 3.63) is 64.5 Å². The van der Waals surface area contributed by atoms with Crippen LogP contribution >= 0.6 is 0 Å². The molecule has 2 heterocycles. The van der Waals surface area contributed by atoms with Crippen molar-refractivity contribution in [2.24, 2.45) is 5.92 Å². The number of aliphatic carboxylic acids is 1. The molecule has 3 aliphatic rings. The highest BCUT2D eigenvalue weighted by atomic mass is 16.5. The van der Waals surface area contributed by atoms with E-state index in [2.05, 4.69) is 30.0 Å². The molecule has 5 heteroatoms. The third-order valence-corrected chi connectivity index (χ3v) is 7.99. The van der Waals surface area contributed by atoms with E-state index >= 15 is 0 Å². The fourth-order valence-corrected chi connectivity index (χ4v) is 5.89. The number of pyridine rings is 1. The van der Waals surface area contributed by atoms with Crippen molar-refractivity contribution in [3.8, 4) is 0 Å². The SMILES string of the molecule is C[C@H]1C[C@@H]1c1ccccc1C(C(=O)O)N1CC[C@@H](OCCCCc2ccc3c(n2)CCCC3)C1. The molecule has 0 spiro atoms. The molecule has 1 aliphatic heterocycles. The van der Waals surface area contributed by atoms with Crippen LogP contribution in [0.5, 0.6) is 0 Å². The van der Waals surface area contributed by atoms with Crippen LogP contribution in [0.2, 0.25) is 0 Å². The summed E-state index contributed by atoms with van der Waals surface area (Å²) in [6.07, 6.45) is 10.2. The van der Waals surface area contributed by atoms with Gasteiger partial charge in [-0.25, -0.2) is 0 Å². The van der Waals surface area contributed by atoms with Crippen molar-refractivity contribution in [1.29, 1.82) is 0 Å². The summed E-state index contributed by atoms with van der Waals surface area (Å²) in [5.74, 6) is 0.415. The Kier molecular flexibility index (Phi) is 7.31. The molecule has 2 aliphatic carbocycles. The lowest BCUT2D eigenvalue weighted by atomic mass is 9.95. The summed E-state index contributed by atoms with van der Waals surface area (Å²) < 4.78 is 6.18. The average Bonchev–Trinajstić information content (AvgIpc) is 3.39. The number of carboxylic acids is 1. The maximum atomic E-state index is 12.3. The van der Waals surface area contributed by atoms with Crippen LogP contribution < -0.4 is 0 Å². The molecule has 2 fully saturated rings. The van der Waals surface area contributed by atoms with Crippen molar-refractivity contribution >= 4 is 5.97 Å². The summed E-state index contributed by atoms with van der Waals surface area (Å²) in [5, 5.41) is 10.1. The predicted octanol–water partition coefficient (Wildman–Crippen LogP) is 5.32. The molecule has 1 N–H and O–H groups in total. The smallest absolute Gasteiger partial charge is 0.325 e. The Hall–Kier alpha value is -2.24. The van der Waals surface area contributed by atoms with Gasteiger partial charge < -0.3 is 9.84 Å². The zero-order valence-corrected chi connectivity index (χ0v) is 20.4. The summed E-state index contributed by atoms with van der Waals surface area (Å²) in [6, 6.07) is 12.1. The highest BCUT2D eigenvalue weighted by molar-refractivity contribution is 5.76. The van der Waals surface area contributed by atoms with Crippen molar-refractivity contribution in [3.63, 3.8) is 0 Å². The first kappa shape index (κ1) is 23.5. The van der Waals surface area contributed by atoms with Crippen LogP contribution in [-0.4, -0.2) is 46.8 Å². The van der Waals surface area contributed by atoms with Crippen molar-refractivity contribution < 1.29 is 14.6 Å². The number of aromatic nitrogens is 1. The Morgan fingerprint density at radius 3 is 2.82 bits per heavy atom. The number of carboxylic acid groups (broad SMARTS) is 1. The third-order valence-electron chi connectivity index (χ3n) is 7.99. The molecule has 5 nitrogen and oxygen atoms in total. The van der Waals surface area contributed by atoms with Gasteiger partial charge in [-0.05, 0) is 92.4 Å². The highest BCUT2D eigenvalue weighted by Crippen LogP contribution is 2.49. The van der Waals surface area contributed by atoms with Gasteiger partial charge in [-0.15, -0.1) is 0 Å². The van der Waals surface area contributed by atoms with Gasteiger partial charge in [0.15, 0.2) is 0 Å². The molecule has 0 bridgehead atoms.